The van der Waals surface area contributed by atoms with Gasteiger partial charge in [0.1, 0.15) is 0 Å². The SMILES string of the molecule is CCCC1CCC(O)C(CN(CC)Cc2ccncc2)C1. The van der Waals surface area contributed by atoms with E-state index in [2.05, 4.69) is 35.9 Å². The molecule has 0 saturated heterocycles. The van der Waals surface area contributed by atoms with Crippen LogP contribution in [0.15, 0.2) is 24.5 Å². The monoisotopic (exact) mass is 290 g/mol. The van der Waals surface area contributed by atoms with Gasteiger partial charge in [-0.1, -0.05) is 26.7 Å². The molecule has 1 aromatic heterocycles. The van der Waals surface area contributed by atoms with Crippen molar-refractivity contribution in [1.82, 2.24) is 9.88 Å². The van der Waals surface area contributed by atoms with E-state index < -0.39 is 0 Å². The van der Waals surface area contributed by atoms with E-state index in [4.69, 9.17) is 0 Å². The first-order chi connectivity index (χ1) is 10.2. The molecule has 1 N–H and O–H groups in total. The summed E-state index contributed by atoms with van der Waals surface area (Å²) < 4.78 is 0. The highest BCUT2D eigenvalue weighted by Crippen LogP contribution is 2.32. The summed E-state index contributed by atoms with van der Waals surface area (Å²) in [6.07, 6.45) is 9.59. The van der Waals surface area contributed by atoms with Gasteiger partial charge < -0.3 is 5.11 Å². The van der Waals surface area contributed by atoms with E-state index in [0.29, 0.717) is 5.92 Å². The first-order valence-corrected chi connectivity index (χ1v) is 8.52. The Kier molecular flexibility index (Phi) is 6.65. The molecule has 1 fully saturated rings. The molecule has 0 radical (unpaired) electrons. The molecule has 21 heavy (non-hydrogen) atoms. The summed E-state index contributed by atoms with van der Waals surface area (Å²) >= 11 is 0. The number of hydrogen-bond acceptors (Lipinski definition) is 3. The molecule has 0 aromatic carbocycles. The third kappa shape index (κ3) is 5.08. The molecule has 1 saturated carbocycles. The number of nitrogens with zero attached hydrogens (tertiary/aromatic N) is 2. The zero-order chi connectivity index (χ0) is 15.1. The molecule has 1 heterocycles. The molecule has 0 spiro atoms. The van der Waals surface area contributed by atoms with E-state index in [1.165, 1.54) is 31.2 Å². The number of pyridine rings is 1. The average molecular weight is 290 g/mol. The Bertz CT molecular complexity index is 395. The minimum atomic E-state index is -0.107. The van der Waals surface area contributed by atoms with Crippen molar-refractivity contribution in [2.24, 2.45) is 11.8 Å². The number of rotatable bonds is 7. The van der Waals surface area contributed by atoms with Crippen LogP contribution < -0.4 is 0 Å². The molecule has 1 aliphatic carbocycles. The predicted molar refractivity (Wildman–Crippen MR) is 86.9 cm³/mol. The Balaban J connectivity index is 1.90. The fourth-order valence-electron chi connectivity index (χ4n) is 3.60. The van der Waals surface area contributed by atoms with Gasteiger partial charge in [-0.15, -0.1) is 0 Å². The molecule has 1 aliphatic rings. The number of aliphatic hydroxyl groups excluding tert-OH is 1. The van der Waals surface area contributed by atoms with Crippen LogP contribution in [0.5, 0.6) is 0 Å². The standard InChI is InChI=1S/C18H30N2O/c1-3-5-15-6-7-18(21)17(12-15)14-20(4-2)13-16-8-10-19-11-9-16/h8-11,15,17-18,21H,3-7,12-14H2,1-2H3. The molecule has 2 rings (SSSR count). The van der Waals surface area contributed by atoms with Gasteiger partial charge >= 0.3 is 0 Å². The van der Waals surface area contributed by atoms with Gasteiger partial charge in [-0.25, -0.2) is 0 Å². The third-order valence-corrected chi connectivity index (χ3v) is 4.84. The highest BCUT2D eigenvalue weighted by molar-refractivity contribution is 5.09. The summed E-state index contributed by atoms with van der Waals surface area (Å²) in [7, 11) is 0. The van der Waals surface area contributed by atoms with Crippen molar-refractivity contribution in [1.29, 1.82) is 0 Å². The summed E-state index contributed by atoms with van der Waals surface area (Å²) in [6, 6.07) is 4.17. The van der Waals surface area contributed by atoms with Crippen LogP contribution in [0.2, 0.25) is 0 Å². The lowest BCUT2D eigenvalue weighted by Gasteiger charge is -2.36. The van der Waals surface area contributed by atoms with Crippen molar-refractivity contribution in [2.75, 3.05) is 13.1 Å². The molecule has 0 bridgehead atoms. The molecule has 3 heteroatoms. The Morgan fingerprint density at radius 3 is 2.67 bits per heavy atom. The maximum Gasteiger partial charge on any atom is 0.0580 e. The topological polar surface area (TPSA) is 36.4 Å². The molecule has 1 aromatic rings. The van der Waals surface area contributed by atoms with E-state index in [1.54, 1.807) is 0 Å². The van der Waals surface area contributed by atoms with Gasteiger partial charge in [-0.2, -0.15) is 0 Å². The van der Waals surface area contributed by atoms with Crippen LogP contribution in [0.1, 0.15) is 51.5 Å². The zero-order valence-electron chi connectivity index (χ0n) is 13.5. The maximum absolute atomic E-state index is 10.3. The summed E-state index contributed by atoms with van der Waals surface area (Å²) in [5.74, 6) is 1.26. The molecule has 0 amide bonds. The molecule has 0 aliphatic heterocycles. The minimum absolute atomic E-state index is 0.107. The van der Waals surface area contributed by atoms with Gasteiger partial charge in [0.25, 0.3) is 0 Å². The van der Waals surface area contributed by atoms with Crippen LogP contribution in [0.3, 0.4) is 0 Å². The first kappa shape index (κ1) is 16.4. The second-order valence-electron chi connectivity index (χ2n) is 6.48. The van der Waals surface area contributed by atoms with Crippen LogP contribution in [-0.4, -0.2) is 34.2 Å². The molecule has 118 valence electrons. The third-order valence-electron chi connectivity index (χ3n) is 4.84. The quantitative estimate of drug-likeness (QED) is 0.835. The average Bonchev–Trinajstić information content (AvgIpc) is 2.51. The van der Waals surface area contributed by atoms with Crippen LogP contribution in [0.4, 0.5) is 0 Å². The minimum Gasteiger partial charge on any atom is -0.393 e. The van der Waals surface area contributed by atoms with Crippen molar-refractivity contribution in [3.8, 4) is 0 Å². The highest BCUT2D eigenvalue weighted by Gasteiger charge is 2.29. The first-order valence-electron chi connectivity index (χ1n) is 8.52. The Labute approximate surface area is 129 Å². The largest absolute Gasteiger partial charge is 0.393 e. The van der Waals surface area contributed by atoms with Crippen molar-refractivity contribution < 1.29 is 5.11 Å². The van der Waals surface area contributed by atoms with Gasteiger partial charge in [0.2, 0.25) is 0 Å². The van der Waals surface area contributed by atoms with Crippen LogP contribution >= 0.6 is 0 Å². The van der Waals surface area contributed by atoms with Crippen molar-refractivity contribution in [3.05, 3.63) is 30.1 Å². The van der Waals surface area contributed by atoms with Crippen molar-refractivity contribution >= 4 is 0 Å². The normalized spacial score (nSPS) is 26.2. The van der Waals surface area contributed by atoms with Gasteiger partial charge in [-0.3, -0.25) is 9.88 Å². The van der Waals surface area contributed by atoms with E-state index >= 15 is 0 Å². The lowest BCUT2D eigenvalue weighted by atomic mass is 9.77. The van der Waals surface area contributed by atoms with E-state index in [0.717, 1.165) is 32.0 Å². The molecular weight excluding hydrogens is 260 g/mol. The molecule has 3 atom stereocenters. The smallest absolute Gasteiger partial charge is 0.0580 e. The van der Waals surface area contributed by atoms with E-state index in [-0.39, 0.29) is 6.10 Å². The van der Waals surface area contributed by atoms with Crippen molar-refractivity contribution in [2.45, 2.75) is 58.6 Å². The summed E-state index contributed by atoms with van der Waals surface area (Å²) in [6.45, 7) is 7.48. The zero-order valence-corrected chi connectivity index (χ0v) is 13.5. The lowest BCUT2D eigenvalue weighted by molar-refractivity contribution is 0.0252. The maximum atomic E-state index is 10.3. The number of aromatic nitrogens is 1. The fourth-order valence-corrected chi connectivity index (χ4v) is 3.60. The van der Waals surface area contributed by atoms with Gasteiger partial charge in [0.15, 0.2) is 0 Å². The van der Waals surface area contributed by atoms with Gasteiger partial charge in [0.05, 0.1) is 6.10 Å². The summed E-state index contributed by atoms with van der Waals surface area (Å²) in [5, 5.41) is 10.3. The summed E-state index contributed by atoms with van der Waals surface area (Å²) in [5.41, 5.74) is 1.31. The molecular formula is C18H30N2O. The fraction of sp³-hybridized carbons (Fsp3) is 0.722. The Hall–Kier alpha value is -0.930. The van der Waals surface area contributed by atoms with E-state index in [9.17, 15) is 5.11 Å². The summed E-state index contributed by atoms with van der Waals surface area (Å²) in [4.78, 5) is 6.53. The predicted octanol–water partition coefficient (Wildman–Crippen LogP) is 3.48. The second kappa shape index (κ2) is 8.50. The molecule has 3 unspecified atom stereocenters. The highest BCUT2D eigenvalue weighted by atomic mass is 16.3. The van der Waals surface area contributed by atoms with Crippen LogP contribution in [-0.2, 0) is 6.54 Å². The lowest BCUT2D eigenvalue weighted by Crippen LogP contribution is -2.38. The van der Waals surface area contributed by atoms with Crippen LogP contribution in [0.25, 0.3) is 0 Å². The Morgan fingerprint density at radius 2 is 2.00 bits per heavy atom. The van der Waals surface area contributed by atoms with E-state index in [1.807, 2.05) is 12.4 Å². The Morgan fingerprint density at radius 1 is 1.24 bits per heavy atom. The number of hydrogen-bond donors (Lipinski definition) is 1. The van der Waals surface area contributed by atoms with Crippen molar-refractivity contribution in [3.63, 3.8) is 0 Å². The van der Waals surface area contributed by atoms with Gasteiger partial charge in [-0.05, 0) is 55.3 Å². The number of aliphatic hydroxyl groups is 1. The van der Waals surface area contributed by atoms with Gasteiger partial charge in [0, 0.05) is 25.5 Å². The second-order valence-corrected chi connectivity index (χ2v) is 6.48. The van der Waals surface area contributed by atoms with Crippen LogP contribution in [0, 0.1) is 11.8 Å². The molecule has 3 nitrogen and oxygen atoms in total.